The van der Waals surface area contributed by atoms with E-state index in [1.165, 1.54) is 0 Å². The summed E-state index contributed by atoms with van der Waals surface area (Å²) in [6.45, 7) is 4.65. The zero-order valence-electron chi connectivity index (χ0n) is 6.96. The largest absolute Gasteiger partial charge is 0.394 e. The van der Waals surface area contributed by atoms with E-state index >= 15 is 0 Å². The molecule has 0 bridgehead atoms. The van der Waals surface area contributed by atoms with E-state index in [4.69, 9.17) is 19.7 Å². The van der Waals surface area contributed by atoms with Gasteiger partial charge < -0.3 is 19.7 Å². The molecule has 1 fully saturated rings. The van der Waals surface area contributed by atoms with Crippen LogP contribution in [-0.2, 0) is 8.85 Å². The zero-order valence-corrected chi connectivity index (χ0v) is 7.96. The van der Waals surface area contributed by atoms with Crippen molar-refractivity contribution in [3.05, 3.63) is 0 Å². The lowest BCUT2D eigenvalue weighted by Gasteiger charge is -2.38. The van der Waals surface area contributed by atoms with Crippen LogP contribution in [0.25, 0.3) is 0 Å². The molecule has 0 saturated carbocycles. The summed E-state index contributed by atoms with van der Waals surface area (Å²) in [5.41, 5.74) is 5.02. The third-order valence-electron chi connectivity index (χ3n) is 1.73. The summed E-state index contributed by atoms with van der Waals surface area (Å²) >= 11 is 0. The van der Waals surface area contributed by atoms with Crippen LogP contribution in [0.4, 0.5) is 0 Å². The third kappa shape index (κ3) is 2.24. The van der Waals surface area contributed by atoms with Crippen molar-refractivity contribution in [1.82, 2.24) is 0 Å². The van der Waals surface area contributed by atoms with Crippen LogP contribution in [0.2, 0.25) is 13.1 Å². The van der Waals surface area contributed by atoms with Crippen LogP contribution >= 0.6 is 0 Å². The molecule has 1 heterocycles. The van der Waals surface area contributed by atoms with E-state index in [0.717, 1.165) is 0 Å². The van der Waals surface area contributed by atoms with Gasteiger partial charge in [0, 0.05) is 0 Å². The third-order valence-corrected chi connectivity index (χ3v) is 3.41. The molecular weight excluding hydrogens is 162 g/mol. The van der Waals surface area contributed by atoms with Gasteiger partial charge in [-0.25, -0.2) is 0 Å². The van der Waals surface area contributed by atoms with E-state index in [1.807, 2.05) is 13.1 Å². The molecule has 0 amide bonds. The van der Waals surface area contributed by atoms with E-state index in [-0.39, 0.29) is 6.61 Å². The summed E-state index contributed by atoms with van der Waals surface area (Å²) in [5, 5.41) is 8.85. The number of aliphatic hydroxyl groups is 1. The monoisotopic (exact) mass is 177 g/mol. The summed E-state index contributed by atoms with van der Waals surface area (Å²) < 4.78 is 10.8. The molecule has 0 atom stereocenters. The lowest BCUT2D eigenvalue weighted by atomic mass is 10.1. The highest BCUT2D eigenvalue weighted by Crippen LogP contribution is 2.17. The smallest absolute Gasteiger partial charge is 0.331 e. The van der Waals surface area contributed by atoms with Crippen LogP contribution in [0.3, 0.4) is 0 Å². The highest BCUT2D eigenvalue weighted by molar-refractivity contribution is 6.64. The minimum Gasteiger partial charge on any atom is -0.394 e. The molecule has 0 spiro atoms. The van der Waals surface area contributed by atoms with E-state index in [1.54, 1.807) is 0 Å². The lowest BCUT2D eigenvalue weighted by molar-refractivity contribution is 0.0158. The Balaban J connectivity index is 2.48. The summed E-state index contributed by atoms with van der Waals surface area (Å²) in [5.74, 6) is 0. The zero-order chi connectivity index (χ0) is 8.54. The van der Waals surface area contributed by atoms with Crippen molar-refractivity contribution >= 4 is 8.56 Å². The molecule has 5 heteroatoms. The summed E-state index contributed by atoms with van der Waals surface area (Å²) in [4.78, 5) is 0. The normalized spacial score (nSPS) is 28.4. The highest BCUT2D eigenvalue weighted by Gasteiger charge is 2.38. The molecule has 0 aromatic heterocycles. The predicted molar refractivity (Wildman–Crippen MR) is 43.4 cm³/mol. The Hall–Kier alpha value is 0.0569. The van der Waals surface area contributed by atoms with E-state index < -0.39 is 14.1 Å². The van der Waals surface area contributed by atoms with Gasteiger partial charge in [0.05, 0.1) is 25.4 Å². The van der Waals surface area contributed by atoms with Gasteiger partial charge in [0.1, 0.15) is 0 Å². The molecule has 4 nitrogen and oxygen atoms in total. The average Bonchev–Trinajstić information content (AvgIpc) is 1.97. The van der Waals surface area contributed by atoms with Gasteiger partial charge in [0.2, 0.25) is 0 Å². The van der Waals surface area contributed by atoms with Gasteiger partial charge >= 0.3 is 8.56 Å². The van der Waals surface area contributed by atoms with Crippen molar-refractivity contribution in [3.63, 3.8) is 0 Å². The van der Waals surface area contributed by atoms with Crippen LogP contribution in [0.1, 0.15) is 0 Å². The number of nitrogens with two attached hydrogens (primary N) is 1. The van der Waals surface area contributed by atoms with Gasteiger partial charge in [0.25, 0.3) is 0 Å². The van der Waals surface area contributed by atoms with Gasteiger partial charge in [-0.2, -0.15) is 0 Å². The molecule has 66 valence electrons. The Morgan fingerprint density at radius 1 is 1.45 bits per heavy atom. The molecule has 3 N–H and O–H groups in total. The SMILES string of the molecule is C[Si]1(C)OCC(N)(CO)CO1. The molecule has 1 aliphatic rings. The fraction of sp³-hybridized carbons (Fsp3) is 1.00. The van der Waals surface area contributed by atoms with Crippen LogP contribution in [0.5, 0.6) is 0 Å². The maximum Gasteiger partial charge on any atom is 0.331 e. The van der Waals surface area contributed by atoms with Crippen molar-refractivity contribution in [2.45, 2.75) is 18.6 Å². The van der Waals surface area contributed by atoms with Crippen LogP contribution < -0.4 is 5.73 Å². The van der Waals surface area contributed by atoms with Crippen molar-refractivity contribution < 1.29 is 14.0 Å². The summed E-state index contributed by atoms with van der Waals surface area (Å²) in [7, 11) is -1.89. The first kappa shape index (κ1) is 9.15. The Morgan fingerprint density at radius 3 is 2.27 bits per heavy atom. The predicted octanol–water partition coefficient (Wildman–Crippen LogP) is -0.575. The number of hydrogen-bond donors (Lipinski definition) is 2. The minimum atomic E-state index is -1.89. The molecule has 0 aromatic carbocycles. The molecule has 1 rings (SSSR count). The molecule has 0 unspecified atom stereocenters. The molecular formula is C6H15NO3Si. The van der Waals surface area contributed by atoms with Crippen molar-refractivity contribution in [2.24, 2.45) is 5.73 Å². The first-order chi connectivity index (χ1) is 4.97. The fourth-order valence-corrected chi connectivity index (χ4v) is 2.16. The highest BCUT2D eigenvalue weighted by atomic mass is 28.4. The molecule has 1 saturated heterocycles. The molecule has 11 heavy (non-hydrogen) atoms. The van der Waals surface area contributed by atoms with Crippen LogP contribution in [0.15, 0.2) is 0 Å². The lowest BCUT2D eigenvalue weighted by Crippen LogP contribution is -2.60. The first-order valence-electron chi connectivity index (χ1n) is 3.65. The Kier molecular flexibility index (Phi) is 2.36. The van der Waals surface area contributed by atoms with Gasteiger partial charge in [-0.3, -0.25) is 0 Å². The van der Waals surface area contributed by atoms with E-state index in [0.29, 0.717) is 13.2 Å². The van der Waals surface area contributed by atoms with Crippen LogP contribution in [0, 0.1) is 0 Å². The maximum atomic E-state index is 8.85. The molecule has 0 radical (unpaired) electrons. The van der Waals surface area contributed by atoms with Crippen molar-refractivity contribution in [3.8, 4) is 0 Å². The van der Waals surface area contributed by atoms with Gasteiger partial charge in [-0.1, -0.05) is 0 Å². The second-order valence-corrected chi connectivity index (χ2v) is 6.87. The quantitative estimate of drug-likeness (QED) is 0.526. The molecule has 0 aliphatic carbocycles. The standard InChI is InChI=1S/C6H15NO3Si/c1-11(2)9-4-6(7,3-8)5-10-11/h8H,3-5,7H2,1-2H3. The van der Waals surface area contributed by atoms with Crippen LogP contribution in [-0.4, -0.2) is 39.0 Å². The second-order valence-electron chi connectivity index (χ2n) is 3.50. The maximum absolute atomic E-state index is 8.85. The van der Waals surface area contributed by atoms with E-state index in [9.17, 15) is 0 Å². The topological polar surface area (TPSA) is 64.7 Å². The average molecular weight is 177 g/mol. The second kappa shape index (κ2) is 2.84. The number of rotatable bonds is 1. The van der Waals surface area contributed by atoms with E-state index in [2.05, 4.69) is 0 Å². The van der Waals surface area contributed by atoms with Crippen molar-refractivity contribution in [2.75, 3.05) is 19.8 Å². The minimum absolute atomic E-state index is 0.0858. The van der Waals surface area contributed by atoms with Gasteiger partial charge in [-0.05, 0) is 13.1 Å². The fourth-order valence-electron chi connectivity index (χ4n) is 0.810. The summed E-state index contributed by atoms with van der Waals surface area (Å²) in [6.07, 6.45) is 0. The number of aliphatic hydroxyl groups excluding tert-OH is 1. The first-order valence-corrected chi connectivity index (χ1v) is 6.47. The summed E-state index contributed by atoms with van der Waals surface area (Å²) in [6, 6.07) is 0. The Morgan fingerprint density at radius 2 is 1.91 bits per heavy atom. The Labute approximate surface area is 67.5 Å². The Bertz CT molecular complexity index is 141. The van der Waals surface area contributed by atoms with Gasteiger partial charge in [0.15, 0.2) is 0 Å². The van der Waals surface area contributed by atoms with Crippen molar-refractivity contribution in [1.29, 1.82) is 0 Å². The van der Waals surface area contributed by atoms with Gasteiger partial charge in [-0.15, -0.1) is 0 Å². The number of hydrogen-bond acceptors (Lipinski definition) is 4. The molecule has 0 aromatic rings. The molecule has 1 aliphatic heterocycles.